The fraction of sp³-hybridized carbons (Fsp3) is 0.364. The number of sulfonamides is 1. The van der Waals surface area contributed by atoms with Crippen molar-refractivity contribution in [2.75, 3.05) is 0 Å². The molecule has 0 bridgehead atoms. The average molecular weight is 283 g/mol. The highest BCUT2D eigenvalue weighted by atomic mass is 32.2. The first-order valence-electron chi connectivity index (χ1n) is 5.81. The van der Waals surface area contributed by atoms with Gasteiger partial charge in [0, 0.05) is 37.9 Å². The van der Waals surface area contributed by atoms with E-state index in [-0.39, 0.29) is 4.90 Å². The fourth-order valence-electron chi connectivity index (χ4n) is 1.80. The number of aromatic amines is 1. The molecule has 7 nitrogen and oxygen atoms in total. The number of hydrogen-bond donors (Lipinski definition) is 3. The van der Waals surface area contributed by atoms with E-state index in [0.29, 0.717) is 12.4 Å². The van der Waals surface area contributed by atoms with Crippen molar-refractivity contribution in [1.29, 1.82) is 0 Å². The van der Waals surface area contributed by atoms with E-state index in [1.807, 2.05) is 0 Å². The maximum Gasteiger partial charge on any atom is 0.242 e. The molecule has 2 heterocycles. The molecule has 1 unspecified atom stereocenters. The third kappa shape index (κ3) is 2.86. The van der Waals surface area contributed by atoms with Gasteiger partial charge in [0.15, 0.2) is 0 Å². The lowest BCUT2D eigenvalue weighted by molar-refractivity contribution is 0.561. The Bertz CT molecular complexity index is 645. The topological polar surface area (TPSA) is 106 Å². The summed E-state index contributed by atoms with van der Waals surface area (Å²) in [7, 11) is -1.82. The van der Waals surface area contributed by atoms with Crippen LogP contribution in [0.15, 0.2) is 29.6 Å². The molecule has 104 valence electrons. The summed E-state index contributed by atoms with van der Waals surface area (Å²) in [6, 6.07) is 1.14. The molecule has 2 aromatic heterocycles. The van der Waals surface area contributed by atoms with E-state index < -0.39 is 16.1 Å². The van der Waals surface area contributed by atoms with E-state index in [1.54, 1.807) is 43.2 Å². The minimum Gasteiger partial charge on any atom is -0.352 e. The van der Waals surface area contributed by atoms with E-state index >= 15 is 0 Å². The van der Waals surface area contributed by atoms with Gasteiger partial charge >= 0.3 is 0 Å². The van der Waals surface area contributed by atoms with E-state index in [1.165, 1.54) is 0 Å². The monoisotopic (exact) mass is 283 g/mol. The van der Waals surface area contributed by atoms with Gasteiger partial charge in [-0.25, -0.2) is 18.1 Å². The first kappa shape index (κ1) is 13.8. The quantitative estimate of drug-likeness (QED) is 0.731. The Labute approximate surface area is 111 Å². The van der Waals surface area contributed by atoms with Gasteiger partial charge in [-0.2, -0.15) is 0 Å². The van der Waals surface area contributed by atoms with Crippen LogP contribution in [-0.2, 0) is 23.6 Å². The van der Waals surface area contributed by atoms with Gasteiger partial charge in [0.05, 0.1) is 10.9 Å². The summed E-state index contributed by atoms with van der Waals surface area (Å²) in [6.45, 7) is 2.02. The van der Waals surface area contributed by atoms with Gasteiger partial charge < -0.3 is 15.3 Å². The molecule has 2 aromatic rings. The van der Waals surface area contributed by atoms with Crippen molar-refractivity contribution in [2.45, 2.75) is 24.4 Å². The van der Waals surface area contributed by atoms with Gasteiger partial charge in [-0.15, -0.1) is 0 Å². The maximum absolute atomic E-state index is 12.2. The zero-order chi connectivity index (χ0) is 14.0. The van der Waals surface area contributed by atoms with Gasteiger partial charge in [-0.1, -0.05) is 0 Å². The Kier molecular flexibility index (Phi) is 3.74. The van der Waals surface area contributed by atoms with Crippen LogP contribution in [0.25, 0.3) is 0 Å². The third-order valence-electron chi connectivity index (χ3n) is 2.86. The smallest absolute Gasteiger partial charge is 0.242 e. The molecule has 0 aliphatic heterocycles. The fourth-order valence-corrected chi connectivity index (χ4v) is 3.10. The van der Waals surface area contributed by atoms with Crippen molar-refractivity contribution in [3.8, 4) is 0 Å². The standard InChI is InChI=1S/C11H17N5O2S/c1-8(11-13-3-4-14-11)15-19(17,18)10-5-9(6-12)16(2)7-10/h3-5,7-8,15H,6,12H2,1-2H3,(H,13,14). The lowest BCUT2D eigenvalue weighted by atomic mass is 10.3. The molecule has 4 N–H and O–H groups in total. The Morgan fingerprint density at radius 3 is 2.84 bits per heavy atom. The second-order valence-corrected chi connectivity index (χ2v) is 6.01. The summed E-state index contributed by atoms with van der Waals surface area (Å²) < 4.78 is 28.7. The lowest BCUT2D eigenvalue weighted by Crippen LogP contribution is -2.27. The molecule has 1 atom stereocenters. The third-order valence-corrected chi connectivity index (χ3v) is 4.37. The van der Waals surface area contributed by atoms with Crippen LogP contribution >= 0.6 is 0 Å². The number of rotatable bonds is 5. The van der Waals surface area contributed by atoms with Crippen molar-refractivity contribution in [1.82, 2.24) is 19.3 Å². The second-order valence-electron chi connectivity index (χ2n) is 4.30. The first-order valence-corrected chi connectivity index (χ1v) is 7.29. The summed E-state index contributed by atoms with van der Waals surface area (Å²) in [6.07, 6.45) is 4.77. The maximum atomic E-state index is 12.2. The Balaban J connectivity index is 2.22. The predicted octanol–water partition coefficient (Wildman–Crippen LogP) is 0.246. The number of nitrogens with one attached hydrogen (secondary N) is 2. The van der Waals surface area contributed by atoms with E-state index in [0.717, 1.165) is 5.69 Å². The van der Waals surface area contributed by atoms with Crippen LogP contribution in [-0.4, -0.2) is 23.0 Å². The average Bonchev–Trinajstić information content (AvgIpc) is 2.96. The van der Waals surface area contributed by atoms with Crippen molar-refractivity contribution in [2.24, 2.45) is 12.8 Å². The zero-order valence-electron chi connectivity index (χ0n) is 10.8. The molecule has 8 heteroatoms. The van der Waals surface area contributed by atoms with Crippen LogP contribution in [0.2, 0.25) is 0 Å². The van der Waals surface area contributed by atoms with Crippen LogP contribution in [0.4, 0.5) is 0 Å². The van der Waals surface area contributed by atoms with Crippen molar-refractivity contribution in [3.05, 3.63) is 36.2 Å². The number of nitrogens with two attached hydrogens (primary N) is 1. The summed E-state index contributed by atoms with van der Waals surface area (Å²) in [5.74, 6) is 0.568. The Morgan fingerprint density at radius 2 is 2.32 bits per heavy atom. The molecule has 0 radical (unpaired) electrons. The van der Waals surface area contributed by atoms with Crippen molar-refractivity contribution in [3.63, 3.8) is 0 Å². The minimum atomic E-state index is -3.58. The Morgan fingerprint density at radius 1 is 1.58 bits per heavy atom. The number of hydrogen-bond acceptors (Lipinski definition) is 4. The number of H-pyrrole nitrogens is 1. The highest BCUT2D eigenvalue weighted by Crippen LogP contribution is 2.16. The SMILES string of the molecule is CC(NS(=O)(=O)c1cc(CN)n(C)c1)c1ncc[nH]1. The summed E-state index contributed by atoms with van der Waals surface area (Å²) >= 11 is 0. The molecular weight excluding hydrogens is 266 g/mol. The van der Waals surface area contributed by atoms with Crippen molar-refractivity contribution < 1.29 is 8.42 Å². The molecule has 0 saturated heterocycles. The Hall–Kier alpha value is -1.64. The van der Waals surface area contributed by atoms with E-state index in [9.17, 15) is 8.42 Å². The van der Waals surface area contributed by atoms with Gasteiger partial charge in [-0.05, 0) is 13.0 Å². The van der Waals surface area contributed by atoms with E-state index in [2.05, 4.69) is 14.7 Å². The van der Waals surface area contributed by atoms with Gasteiger partial charge in [0.25, 0.3) is 0 Å². The predicted molar refractivity (Wildman–Crippen MR) is 70.6 cm³/mol. The van der Waals surface area contributed by atoms with Crippen molar-refractivity contribution >= 4 is 10.0 Å². The zero-order valence-corrected chi connectivity index (χ0v) is 11.6. The molecule has 0 spiro atoms. The molecule has 2 rings (SSSR count). The van der Waals surface area contributed by atoms with Gasteiger partial charge in [-0.3, -0.25) is 0 Å². The number of aromatic nitrogens is 3. The van der Waals surface area contributed by atoms with Crippen LogP contribution < -0.4 is 10.5 Å². The number of imidazole rings is 1. The van der Waals surface area contributed by atoms with Gasteiger partial charge in [0.1, 0.15) is 5.82 Å². The molecule has 0 aromatic carbocycles. The number of nitrogens with zero attached hydrogens (tertiary/aromatic N) is 2. The molecule has 0 fully saturated rings. The molecule has 0 saturated carbocycles. The minimum absolute atomic E-state index is 0.203. The second kappa shape index (κ2) is 5.16. The first-order chi connectivity index (χ1) is 8.94. The van der Waals surface area contributed by atoms with Crippen LogP contribution in [0.3, 0.4) is 0 Å². The highest BCUT2D eigenvalue weighted by molar-refractivity contribution is 7.89. The van der Waals surface area contributed by atoms with Crippen LogP contribution in [0, 0.1) is 0 Å². The number of aryl methyl sites for hydroxylation is 1. The molecule has 19 heavy (non-hydrogen) atoms. The highest BCUT2D eigenvalue weighted by Gasteiger charge is 2.21. The van der Waals surface area contributed by atoms with Gasteiger partial charge in [0.2, 0.25) is 10.0 Å². The molecule has 0 aliphatic carbocycles. The molecular formula is C11H17N5O2S. The summed E-state index contributed by atoms with van der Waals surface area (Å²) in [5, 5.41) is 0. The summed E-state index contributed by atoms with van der Waals surface area (Å²) in [4.78, 5) is 7.10. The lowest BCUT2D eigenvalue weighted by Gasteiger charge is -2.10. The van der Waals surface area contributed by atoms with Crippen LogP contribution in [0.1, 0.15) is 24.5 Å². The normalized spacial score (nSPS) is 13.6. The summed E-state index contributed by atoms with van der Waals surface area (Å²) in [5.41, 5.74) is 6.29. The van der Waals surface area contributed by atoms with E-state index in [4.69, 9.17) is 5.73 Å². The molecule has 0 amide bonds. The van der Waals surface area contributed by atoms with Crippen LogP contribution in [0.5, 0.6) is 0 Å². The molecule has 0 aliphatic rings. The largest absolute Gasteiger partial charge is 0.352 e.